The SMILES string of the molecule is CCC(C)N(C)CC(=O)N1CCC(C(=O)NN)CC1. The number of carbonyl (C=O) groups is 2. The Morgan fingerprint density at radius 3 is 2.47 bits per heavy atom. The normalized spacial score (nSPS) is 18.5. The number of likely N-dealkylation sites (tertiary alicyclic amines) is 1. The maximum atomic E-state index is 12.1. The molecule has 0 radical (unpaired) electrons. The van der Waals surface area contributed by atoms with E-state index in [-0.39, 0.29) is 17.7 Å². The minimum atomic E-state index is -0.121. The zero-order valence-electron chi connectivity index (χ0n) is 12.2. The van der Waals surface area contributed by atoms with Gasteiger partial charge in [0.25, 0.3) is 0 Å². The highest BCUT2D eigenvalue weighted by Crippen LogP contribution is 2.17. The van der Waals surface area contributed by atoms with Gasteiger partial charge in [0, 0.05) is 25.0 Å². The number of carbonyl (C=O) groups excluding carboxylic acids is 2. The lowest BCUT2D eigenvalue weighted by Gasteiger charge is -2.33. The molecule has 1 fully saturated rings. The van der Waals surface area contributed by atoms with E-state index in [0.29, 0.717) is 38.5 Å². The van der Waals surface area contributed by atoms with Crippen molar-refractivity contribution in [3.8, 4) is 0 Å². The first-order valence-corrected chi connectivity index (χ1v) is 6.98. The molecule has 0 saturated carbocycles. The van der Waals surface area contributed by atoms with Crippen LogP contribution in [0.5, 0.6) is 0 Å². The number of amides is 2. The largest absolute Gasteiger partial charge is 0.342 e. The van der Waals surface area contributed by atoms with Gasteiger partial charge in [0.1, 0.15) is 0 Å². The third-order valence-corrected chi connectivity index (χ3v) is 4.09. The molecule has 6 heteroatoms. The van der Waals surface area contributed by atoms with Gasteiger partial charge in [0.2, 0.25) is 11.8 Å². The van der Waals surface area contributed by atoms with Gasteiger partial charge >= 0.3 is 0 Å². The molecule has 1 aliphatic rings. The number of rotatable bonds is 5. The van der Waals surface area contributed by atoms with Crippen LogP contribution in [0.1, 0.15) is 33.1 Å². The standard InChI is InChI=1S/C13H26N4O2/c1-4-10(2)16(3)9-12(18)17-7-5-11(6-8-17)13(19)15-14/h10-11H,4-9,14H2,1-3H3,(H,15,19). The molecule has 0 spiro atoms. The van der Waals surface area contributed by atoms with Gasteiger partial charge in [-0.3, -0.25) is 19.9 Å². The lowest BCUT2D eigenvalue weighted by molar-refractivity contribution is -0.136. The third kappa shape index (κ3) is 4.47. The minimum Gasteiger partial charge on any atom is -0.342 e. The van der Waals surface area contributed by atoms with Crippen molar-refractivity contribution >= 4 is 11.8 Å². The van der Waals surface area contributed by atoms with Gasteiger partial charge in [-0.15, -0.1) is 0 Å². The summed E-state index contributed by atoms with van der Waals surface area (Å²) >= 11 is 0. The zero-order valence-corrected chi connectivity index (χ0v) is 12.2. The van der Waals surface area contributed by atoms with Crippen molar-refractivity contribution in [3.05, 3.63) is 0 Å². The second-order valence-corrected chi connectivity index (χ2v) is 5.34. The van der Waals surface area contributed by atoms with Crippen molar-refractivity contribution in [1.82, 2.24) is 15.2 Å². The topological polar surface area (TPSA) is 78.7 Å². The molecule has 2 amide bonds. The summed E-state index contributed by atoms with van der Waals surface area (Å²) in [7, 11) is 1.97. The molecule has 1 aliphatic heterocycles. The second kappa shape index (κ2) is 7.45. The Morgan fingerprint density at radius 2 is 2.00 bits per heavy atom. The van der Waals surface area contributed by atoms with Crippen LogP contribution >= 0.6 is 0 Å². The van der Waals surface area contributed by atoms with Crippen molar-refractivity contribution in [1.29, 1.82) is 0 Å². The van der Waals surface area contributed by atoms with Gasteiger partial charge in [0.05, 0.1) is 6.54 Å². The predicted octanol–water partition coefficient (Wildman–Crippen LogP) is -0.0548. The molecule has 0 aliphatic carbocycles. The van der Waals surface area contributed by atoms with Gasteiger partial charge < -0.3 is 4.90 Å². The fraction of sp³-hybridized carbons (Fsp3) is 0.846. The van der Waals surface area contributed by atoms with Crippen LogP contribution in [-0.2, 0) is 9.59 Å². The molecular weight excluding hydrogens is 244 g/mol. The fourth-order valence-corrected chi connectivity index (χ4v) is 2.29. The molecule has 1 atom stereocenters. The number of nitrogens with zero attached hydrogens (tertiary/aromatic N) is 2. The highest BCUT2D eigenvalue weighted by Gasteiger charge is 2.27. The van der Waals surface area contributed by atoms with E-state index >= 15 is 0 Å². The predicted molar refractivity (Wildman–Crippen MR) is 74.0 cm³/mol. The fourth-order valence-electron chi connectivity index (χ4n) is 2.29. The van der Waals surface area contributed by atoms with Gasteiger partial charge in [-0.2, -0.15) is 0 Å². The van der Waals surface area contributed by atoms with Gasteiger partial charge in [-0.1, -0.05) is 6.92 Å². The van der Waals surface area contributed by atoms with Crippen LogP contribution in [0.2, 0.25) is 0 Å². The molecule has 3 N–H and O–H groups in total. The molecule has 1 unspecified atom stereocenters. The Hall–Kier alpha value is -1.14. The Balaban J connectivity index is 2.38. The molecule has 19 heavy (non-hydrogen) atoms. The monoisotopic (exact) mass is 270 g/mol. The number of hydrogen-bond acceptors (Lipinski definition) is 4. The Bertz CT molecular complexity index is 314. The maximum Gasteiger partial charge on any atom is 0.237 e. The summed E-state index contributed by atoms with van der Waals surface area (Å²) in [5.41, 5.74) is 2.18. The van der Waals surface area contributed by atoms with Crippen molar-refractivity contribution in [3.63, 3.8) is 0 Å². The van der Waals surface area contributed by atoms with Crippen molar-refractivity contribution < 1.29 is 9.59 Å². The van der Waals surface area contributed by atoms with Crippen LogP contribution in [0.25, 0.3) is 0 Å². The molecule has 0 bridgehead atoms. The van der Waals surface area contributed by atoms with Crippen LogP contribution in [0.4, 0.5) is 0 Å². The number of hydrogen-bond donors (Lipinski definition) is 2. The second-order valence-electron chi connectivity index (χ2n) is 5.34. The Kier molecular flexibility index (Phi) is 6.24. The number of hydrazine groups is 1. The summed E-state index contributed by atoms with van der Waals surface area (Å²) in [6, 6.07) is 0.407. The summed E-state index contributed by atoms with van der Waals surface area (Å²) in [6.07, 6.45) is 2.42. The van der Waals surface area contributed by atoms with E-state index in [2.05, 4.69) is 24.2 Å². The summed E-state index contributed by atoms with van der Waals surface area (Å²) in [5.74, 6) is 5.10. The van der Waals surface area contributed by atoms with Gasteiger partial charge in [0.15, 0.2) is 0 Å². The zero-order chi connectivity index (χ0) is 14.4. The minimum absolute atomic E-state index is 0.0543. The van der Waals surface area contributed by atoms with E-state index in [1.165, 1.54) is 0 Å². The summed E-state index contributed by atoms with van der Waals surface area (Å²) in [6.45, 7) is 5.97. The molecule has 1 saturated heterocycles. The van der Waals surface area contributed by atoms with Crippen molar-refractivity contribution in [2.45, 2.75) is 39.2 Å². The number of piperidine rings is 1. The Labute approximate surface area is 115 Å². The average molecular weight is 270 g/mol. The van der Waals surface area contributed by atoms with Crippen LogP contribution in [0.15, 0.2) is 0 Å². The van der Waals surface area contributed by atoms with Crippen LogP contribution < -0.4 is 11.3 Å². The molecule has 0 aromatic heterocycles. The van der Waals surface area contributed by atoms with Crippen LogP contribution in [-0.4, -0.2) is 54.3 Å². The van der Waals surface area contributed by atoms with Gasteiger partial charge in [-0.25, -0.2) is 5.84 Å². The van der Waals surface area contributed by atoms with E-state index in [1.807, 2.05) is 11.9 Å². The van der Waals surface area contributed by atoms with Crippen LogP contribution in [0, 0.1) is 5.92 Å². The van der Waals surface area contributed by atoms with E-state index in [4.69, 9.17) is 5.84 Å². The number of nitrogens with one attached hydrogen (secondary N) is 1. The number of likely N-dealkylation sites (N-methyl/N-ethyl adjacent to an activating group) is 1. The van der Waals surface area contributed by atoms with Crippen molar-refractivity contribution in [2.24, 2.45) is 11.8 Å². The van der Waals surface area contributed by atoms with Crippen molar-refractivity contribution in [2.75, 3.05) is 26.7 Å². The maximum absolute atomic E-state index is 12.1. The Morgan fingerprint density at radius 1 is 1.42 bits per heavy atom. The molecule has 1 rings (SSSR count). The third-order valence-electron chi connectivity index (χ3n) is 4.09. The first kappa shape index (κ1) is 15.9. The molecule has 6 nitrogen and oxygen atoms in total. The average Bonchev–Trinajstić information content (AvgIpc) is 2.45. The lowest BCUT2D eigenvalue weighted by atomic mass is 9.96. The van der Waals surface area contributed by atoms with Gasteiger partial charge in [-0.05, 0) is 33.2 Å². The first-order valence-electron chi connectivity index (χ1n) is 6.98. The summed E-state index contributed by atoms with van der Waals surface area (Å²) in [4.78, 5) is 27.5. The highest BCUT2D eigenvalue weighted by molar-refractivity contribution is 5.80. The quantitative estimate of drug-likeness (QED) is 0.417. The van der Waals surface area contributed by atoms with Crippen LogP contribution in [0.3, 0.4) is 0 Å². The first-order chi connectivity index (χ1) is 8.99. The molecule has 1 heterocycles. The molecule has 0 aromatic carbocycles. The smallest absolute Gasteiger partial charge is 0.237 e. The lowest BCUT2D eigenvalue weighted by Crippen LogP contribution is -2.47. The van der Waals surface area contributed by atoms with E-state index in [9.17, 15) is 9.59 Å². The number of nitrogens with two attached hydrogens (primary N) is 1. The van der Waals surface area contributed by atoms with E-state index < -0.39 is 0 Å². The molecule has 0 aromatic rings. The highest BCUT2D eigenvalue weighted by atomic mass is 16.2. The van der Waals surface area contributed by atoms with E-state index in [0.717, 1.165) is 6.42 Å². The molecule has 110 valence electrons. The summed E-state index contributed by atoms with van der Waals surface area (Å²) in [5, 5.41) is 0. The summed E-state index contributed by atoms with van der Waals surface area (Å²) < 4.78 is 0. The molecular formula is C13H26N4O2. The van der Waals surface area contributed by atoms with E-state index in [1.54, 1.807) is 0 Å².